The number of carbonyl (C=O) groups is 4. The Morgan fingerprint density at radius 2 is 1.46 bits per heavy atom. The van der Waals surface area contributed by atoms with Crippen LogP contribution in [-0.2, 0) is 47.5 Å². The molecule has 3 fully saturated rings. The van der Waals surface area contributed by atoms with Crippen LogP contribution in [0.1, 0.15) is 74.2 Å². The number of carboxylic acids is 1. The Morgan fingerprint density at radius 1 is 0.846 bits per heavy atom. The van der Waals surface area contributed by atoms with Gasteiger partial charge in [0.1, 0.15) is 72.8 Å². The number of phenols is 1. The first-order valence-electron chi connectivity index (χ1n) is 21.3. The molecule has 3 heterocycles. The van der Waals surface area contributed by atoms with Gasteiger partial charge in [0.15, 0.2) is 12.6 Å². The van der Waals surface area contributed by atoms with Gasteiger partial charge in [-0.15, -0.1) is 0 Å². The largest absolute Gasteiger partial charge is 0.507 e. The van der Waals surface area contributed by atoms with Gasteiger partial charge in [-0.2, -0.15) is 0 Å². The molecule has 370 valence electrons. The summed E-state index contributed by atoms with van der Waals surface area (Å²) in [7, 11) is 1.32. The SMILES string of the molecule is COC(=O)CCCCCCCCO[C@@H]1OC(CO)[C@@H](O)C(OC2OC(CO)[C@H](O)C(O[C@]3(C(=O)O)CC(O)[C@@H](NC(C)=O)C(C(O)C(O)CO)O3)C2O)C1NC(=O)c1cc(C)ccc1O. The van der Waals surface area contributed by atoms with E-state index in [9.17, 15) is 75.3 Å². The maximum Gasteiger partial charge on any atom is 0.364 e. The van der Waals surface area contributed by atoms with Gasteiger partial charge in [0.05, 0.1) is 44.6 Å². The van der Waals surface area contributed by atoms with E-state index in [1.165, 1.54) is 19.2 Å². The van der Waals surface area contributed by atoms with Crippen LogP contribution in [0.15, 0.2) is 18.2 Å². The Kier molecular flexibility index (Phi) is 20.6. The van der Waals surface area contributed by atoms with Crippen molar-refractivity contribution in [2.75, 3.05) is 33.5 Å². The van der Waals surface area contributed by atoms with Gasteiger partial charge in [0.25, 0.3) is 11.7 Å². The lowest BCUT2D eigenvalue weighted by Gasteiger charge is -2.51. The summed E-state index contributed by atoms with van der Waals surface area (Å²) in [6.07, 6.45) is -21.6. The number of hydrogen-bond acceptors (Lipinski definition) is 21. The van der Waals surface area contributed by atoms with Crippen molar-refractivity contribution < 1.29 is 109 Å². The first-order valence-corrected chi connectivity index (χ1v) is 21.3. The predicted octanol–water partition coefficient (Wildman–Crippen LogP) is -3.84. The molecule has 11 unspecified atom stereocenters. The van der Waals surface area contributed by atoms with Crippen LogP contribution in [0.4, 0.5) is 0 Å². The molecule has 0 aliphatic carbocycles. The Morgan fingerprint density at radius 3 is 2.06 bits per heavy atom. The molecule has 2 amide bonds. The van der Waals surface area contributed by atoms with Crippen molar-refractivity contribution in [1.29, 1.82) is 0 Å². The number of aliphatic carboxylic acids is 1. The molecule has 13 N–H and O–H groups in total. The number of aromatic hydroxyl groups is 1. The highest BCUT2D eigenvalue weighted by molar-refractivity contribution is 5.97. The van der Waals surface area contributed by atoms with Crippen LogP contribution in [-0.4, -0.2) is 211 Å². The van der Waals surface area contributed by atoms with Gasteiger partial charge in [0.2, 0.25) is 5.91 Å². The molecule has 3 aliphatic heterocycles. The summed E-state index contributed by atoms with van der Waals surface area (Å²) in [5.74, 6) is -7.49. The summed E-state index contributed by atoms with van der Waals surface area (Å²) in [6, 6.07) is 1.06. The maximum absolute atomic E-state index is 13.8. The van der Waals surface area contributed by atoms with Crippen LogP contribution < -0.4 is 10.6 Å². The zero-order valence-corrected chi connectivity index (χ0v) is 36.3. The molecule has 1 aromatic carbocycles. The number of aryl methyl sites for hydroxylation is 1. The number of carboxylic acid groups (broad SMARTS) is 1. The third kappa shape index (κ3) is 13.7. The number of phenolic OH excluding ortho intramolecular Hbond substituents is 1. The molecule has 16 atom stereocenters. The third-order valence-corrected chi connectivity index (χ3v) is 11.5. The number of hydrogen-bond donors (Lipinski definition) is 13. The van der Waals surface area contributed by atoms with Gasteiger partial charge in [0, 0.05) is 26.4 Å². The van der Waals surface area contributed by atoms with E-state index in [0.717, 1.165) is 26.2 Å². The summed E-state index contributed by atoms with van der Waals surface area (Å²) in [5.41, 5.74) is 0.380. The molecule has 24 heteroatoms. The minimum Gasteiger partial charge on any atom is -0.507 e. The number of aliphatic hydroxyl groups excluding tert-OH is 9. The summed E-state index contributed by atoms with van der Waals surface area (Å²) in [6.45, 7) is -0.213. The Bertz CT molecular complexity index is 1710. The molecule has 3 aliphatic rings. The predicted molar refractivity (Wildman–Crippen MR) is 216 cm³/mol. The fourth-order valence-electron chi connectivity index (χ4n) is 7.89. The fourth-order valence-corrected chi connectivity index (χ4v) is 7.89. The lowest BCUT2D eigenvalue weighted by molar-refractivity contribution is -0.381. The molecule has 0 spiro atoms. The number of amides is 2. The van der Waals surface area contributed by atoms with Crippen LogP contribution >= 0.6 is 0 Å². The van der Waals surface area contributed by atoms with Crippen LogP contribution in [0.5, 0.6) is 5.75 Å². The van der Waals surface area contributed by atoms with E-state index in [-0.39, 0.29) is 18.1 Å². The molecular formula is C41H64N2O22. The summed E-state index contributed by atoms with van der Waals surface area (Å²) in [5, 5.41) is 123. The molecule has 24 nitrogen and oxygen atoms in total. The van der Waals surface area contributed by atoms with Gasteiger partial charge in [-0.3, -0.25) is 14.4 Å². The van der Waals surface area contributed by atoms with Gasteiger partial charge < -0.3 is 100.0 Å². The lowest BCUT2D eigenvalue weighted by atomic mass is 9.88. The van der Waals surface area contributed by atoms with E-state index in [0.29, 0.717) is 31.2 Å². The monoisotopic (exact) mass is 936 g/mol. The molecule has 4 rings (SSSR count). The van der Waals surface area contributed by atoms with E-state index in [1.807, 2.05) is 0 Å². The normalized spacial score (nSPS) is 33.7. The van der Waals surface area contributed by atoms with E-state index < -0.39 is 147 Å². The highest BCUT2D eigenvalue weighted by Crippen LogP contribution is 2.38. The van der Waals surface area contributed by atoms with Gasteiger partial charge in [-0.05, 0) is 31.9 Å². The number of carbonyl (C=O) groups excluding carboxylic acids is 3. The van der Waals surface area contributed by atoms with E-state index >= 15 is 0 Å². The van der Waals surface area contributed by atoms with Crippen LogP contribution in [0, 0.1) is 6.92 Å². The average Bonchev–Trinajstić information content (AvgIpc) is 3.27. The van der Waals surface area contributed by atoms with Gasteiger partial charge in [-0.1, -0.05) is 37.3 Å². The van der Waals surface area contributed by atoms with Crippen LogP contribution in [0.3, 0.4) is 0 Å². The number of benzene rings is 1. The number of unbranched alkanes of at least 4 members (excludes halogenated alkanes) is 5. The van der Waals surface area contributed by atoms with E-state index in [2.05, 4.69) is 15.4 Å². The minimum atomic E-state index is -3.10. The molecule has 0 radical (unpaired) electrons. The van der Waals surface area contributed by atoms with Crippen molar-refractivity contribution in [1.82, 2.24) is 10.6 Å². The summed E-state index contributed by atoms with van der Waals surface area (Å²) >= 11 is 0. The van der Waals surface area contributed by atoms with Crippen molar-refractivity contribution in [2.45, 2.75) is 163 Å². The number of rotatable bonds is 23. The standard InChI is InChI=1S/C41H64N2O22/c1-19-11-12-22(48)21(14-19)37(56)43-29-34(31(53)25(17-45)61-38(29)60-13-9-7-5-4-6-8-10-27(51)59-3)63-39-33(55)36(32(54)26(18-46)62-39)65-41(40(57)58)15-23(49)28(42-20(2)47)35(64-41)30(52)24(50)16-44/h11-12,14,23-26,28-36,38-39,44-46,48-50,52-55H,4-10,13,15-18H2,1-3H3,(H,42,47)(H,43,56)(H,57,58)/t23?,24?,25?,26?,28-,29?,30?,31-,32+,33?,34?,35?,36?,38-,39?,41+/m1/s1. The van der Waals surface area contributed by atoms with Crippen molar-refractivity contribution in [2.24, 2.45) is 0 Å². The van der Waals surface area contributed by atoms with E-state index in [4.69, 9.17) is 28.4 Å². The zero-order chi connectivity index (χ0) is 48.2. The maximum atomic E-state index is 13.8. The number of methoxy groups -OCH3 is 1. The second kappa shape index (κ2) is 24.9. The quantitative estimate of drug-likeness (QED) is 0.0369. The first-order chi connectivity index (χ1) is 30.8. The van der Waals surface area contributed by atoms with Gasteiger partial charge in [-0.25, -0.2) is 4.79 Å². The van der Waals surface area contributed by atoms with Gasteiger partial charge >= 0.3 is 11.9 Å². The Labute approximate surface area is 373 Å². The average molecular weight is 937 g/mol. The molecule has 3 saturated heterocycles. The lowest BCUT2D eigenvalue weighted by Crippen LogP contribution is -2.71. The van der Waals surface area contributed by atoms with E-state index in [1.54, 1.807) is 13.0 Å². The molecular weight excluding hydrogens is 872 g/mol. The van der Waals surface area contributed by atoms with Crippen molar-refractivity contribution in [3.63, 3.8) is 0 Å². The molecule has 65 heavy (non-hydrogen) atoms. The van der Waals surface area contributed by atoms with Crippen molar-refractivity contribution >= 4 is 23.8 Å². The van der Waals surface area contributed by atoms with Crippen molar-refractivity contribution in [3.8, 4) is 5.75 Å². The third-order valence-electron chi connectivity index (χ3n) is 11.5. The topological polar surface area (TPSA) is 379 Å². The molecule has 1 aromatic rings. The molecule has 0 aromatic heterocycles. The van der Waals surface area contributed by atoms with Crippen LogP contribution in [0.25, 0.3) is 0 Å². The highest BCUT2D eigenvalue weighted by atomic mass is 16.8. The molecule has 0 saturated carbocycles. The fraction of sp³-hybridized carbons (Fsp3) is 0.756. The Hall–Kier alpha value is -3.70. The molecule has 0 bridgehead atoms. The highest BCUT2D eigenvalue weighted by Gasteiger charge is 2.60. The second-order valence-corrected chi connectivity index (χ2v) is 16.3. The summed E-state index contributed by atoms with van der Waals surface area (Å²) in [4.78, 5) is 50.2. The number of esters is 1. The summed E-state index contributed by atoms with van der Waals surface area (Å²) < 4.78 is 39.8. The zero-order valence-electron chi connectivity index (χ0n) is 36.3. The van der Waals surface area contributed by atoms with Crippen molar-refractivity contribution in [3.05, 3.63) is 29.3 Å². The Balaban J connectivity index is 1.64. The number of aliphatic hydroxyl groups is 9. The second-order valence-electron chi connectivity index (χ2n) is 16.3. The smallest absolute Gasteiger partial charge is 0.364 e. The number of ether oxygens (including phenoxy) is 7. The minimum absolute atomic E-state index is 0.0179. The van der Waals surface area contributed by atoms with Crippen LogP contribution in [0.2, 0.25) is 0 Å². The first kappa shape index (κ1) is 53.9. The number of nitrogens with one attached hydrogen (secondary N) is 2.